The zero-order valence-corrected chi connectivity index (χ0v) is 15.7. The van der Waals surface area contributed by atoms with Crippen molar-refractivity contribution in [2.45, 2.75) is 46.2 Å². The van der Waals surface area contributed by atoms with E-state index in [-0.39, 0.29) is 34.7 Å². The van der Waals surface area contributed by atoms with E-state index in [4.69, 9.17) is 4.74 Å². The molecule has 0 aromatic rings. The maximum atomic E-state index is 12.6. The second kappa shape index (κ2) is 5.99. The van der Waals surface area contributed by atoms with Crippen LogP contribution >= 0.6 is 0 Å². The van der Waals surface area contributed by atoms with E-state index in [2.05, 4.69) is 4.90 Å². The lowest BCUT2D eigenvalue weighted by atomic mass is 9.80. The van der Waals surface area contributed by atoms with E-state index in [0.717, 1.165) is 39.3 Å². The lowest BCUT2D eigenvalue weighted by molar-refractivity contribution is -0.186. The van der Waals surface area contributed by atoms with Crippen LogP contribution in [0.25, 0.3) is 0 Å². The molecular formula is C18H31N3O3. The van der Waals surface area contributed by atoms with Crippen LogP contribution < -0.4 is 0 Å². The van der Waals surface area contributed by atoms with Crippen molar-refractivity contribution in [3.05, 3.63) is 0 Å². The van der Waals surface area contributed by atoms with E-state index >= 15 is 0 Å². The van der Waals surface area contributed by atoms with Gasteiger partial charge in [0.15, 0.2) is 0 Å². The van der Waals surface area contributed by atoms with Gasteiger partial charge < -0.3 is 14.5 Å². The van der Waals surface area contributed by atoms with Crippen molar-refractivity contribution in [2.24, 2.45) is 11.3 Å². The van der Waals surface area contributed by atoms with Crippen molar-refractivity contribution in [3.8, 4) is 0 Å². The number of fused-ring (bicyclic) bond motifs is 2. The molecule has 3 saturated heterocycles. The zero-order valence-electron chi connectivity index (χ0n) is 15.7. The number of amides is 2. The monoisotopic (exact) mass is 337 g/mol. The number of carbonyl (C=O) groups excluding carboxylic acids is 2. The van der Waals surface area contributed by atoms with Crippen LogP contribution in [0, 0.1) is 11.3 Å². The maximum Gasteiger partial charge on any atom is 0.228 e. The fourth-order valence-corrected chi connectivity index (χ4v) is 4.29. The molecular weight excluding hydrogens is 306 g/mol. The molecule has 1 spiro atoms. The Kier molecular flexibility index (Phi) is 4.41. The molecule has 0 radical (unpaired) electrons. The van der Waals surface area contributed by atoms with Gasteiger partial charge in [0.1, 0.15) is 0 Å². The van der Waals surface area contributed by atoms with Gasteiger partial charge in [-0.05, 0) is 0 Å². The van der Waals surface area contributed by atoms with Gasteiger partial charge in [0.05, 0.1) is 24.8 Å². The summed E-state index contributed by atoms with van der Waals surface area (Å²) in [6, 6.07) is 0.252. The van der Waals surface area contributed by atoms with Crippen molar-refractivity contribution >= 4 is 11.8 Å². The SMILES string of the molecule is CC(C)C(=O)N1C[C@@H]2COCCN2C2(C1)CN(C(=O)C(C)(C)C)C2. The zero-order chi connectivity index (χ0) is 17.7. The van der Waals surface area contributed by atoms with Gasteiger partial charge in [-0.15, -0.1) is 0 Å². The number of morpholine rings is 1. The van der Waals surface area contributed by atoms with Crippen LogP contribution in [0.1, 0.15) is 34.6 Å². The molecule has 0 unspecified atom stereocenters. The van der Waals surface area contributed by atoms with E-state index in [1.54, 1.807) is 0 Å². The molecule has 0 bridgehead atoms. The van der Waals surface area contributed by atoms with Crippen LogP contribution in [-0.4, -0.2) is 84.0 Å². The van der Waals surface area contributed by atoms with Gasteiger partial charge in [0, 0.05) is 44.1 Å². The Hall–Kier alpha value is -1.14. The number of hydrogen-bond acceptors (Lipinski definition) is 4. The summed E-state index contributed by atoms with van der Waals surface area (Å²) >= 11 is 0. The van der Waals surface area contributed by atoms with E-state index < -0.39 is 0 Å². The van der Waals surface area contributed by atoms with Crippen LogP contribution in [0.5, 0.6) is 0 Å². The largest absolute Gasteiger partial charge is 0.378 e. The molecule has 0 saturated carbocycles. The van der Waals surface area contributed by atoms with Crippen LogP contribution in [-0.2, 0) is 14.3 Å². The van der Waals surface area contributed by atoms with E-state index in [1.807, 2.05) is 44.4 Å². The summed E-state index contributed by atoms with van der Waals surface area (Å²) in [7, 11) is 0. The molecule has 136 valence electrons. The summed E-state index contributed by atoms with van der Waals surface area (Å²) < 4.78 is 5.66. The number of carbonyl (C=O) groups is 2. The van der Waals surface area contributed by atoms with Crippen LogP contribution in [0.15, 0.2) is 0 Å². The molecule has 6 heteroatoms. The minimum atomic E-state index is -0.353. The Morgan fingerprint density at radius 2 is 1.75 bits per heavy atom. The molecule has 3 heterocycles. The van der Waals surface area contributed by atoms with Gasteiger partial charge >= 0.3 is 0 Å². The summed E-state index contributed by atoms with van der Waals surface area (Å²) in [4.78, 5) is 31.6. The quantitative estimate of drug-likeness (QED) is 0.711. The Morgan fingerprint density at radius 1 is 1.12 bits per heavy atom. The van der Waals surface area contributed by atoms with Crippen LogP contribution in [0.3, 0.4) is 0 Å². The van der Waals surface area contributed by atoms with Gasteiger partial charge in [-0.25, -0.2) is 0 Å². The Balaban J connectivity index is 1.77. The van der Waals surface area contributed by atoms with Crippen LogP contribution in [0.4, 0.5) is 0 Å². The minimum absolute atomic E-state index is 0.00509. The van der Waals surface area contributed by atoms with Gasteiger partial charge in [-0.3, -0.25) is 14.5 Å². The smallest absolute Gasteiger partial charge is 0.228 e. The number of nitrogens with zero attached hydrogens (tertiary/aromatic N) is 3. The predicted octanol–water partition coefficient (Wildman–Crippen LogP) is 0.813. The topological polar surface area (TPSA) is 53.1 Å². The fraction of sp³-hybridized carbons (Fsp3) is 0.889. The number of rotatable bonds is 1. The van der Waals surface area contributed by atoms with Gasteiger partial charge in [0.25, 0.3) is 0 Å². The van der Waals surface area contributed by atoms with Crippen LogP contribution in [0.2, 0.25) is 0 Å². The summed E-state index contributed by atoms with van der Waals surface area (Å²) in [5, 5.41) is 0. The van der Waals surface area contributed by atoms with Gasteiger partial charge in [0.2, 0.25) is 11.8 Å². The molecule has 0 aromatic heterocycles. The molecule has 24 heavy (non-hydrogen) atoms. The van der Waals surface area contributed by atoms with E-state index in [9.17, 15) is 9.59 Å². The average molecular weight is 337 g/mol. The third kappa shape index (κ3) is 2.94. The highest BCUT2D eigenvalue weighted by Crippen LogP contribution is 2.37. The average Bonchev–Trinajstić information content (AvgIpc) is 2.49. The minimum Gasteiger partial charge on any atom is -0.378 e. The van der Waals surface area contributed by atoms with Crippen molar-refractivity contribution in [2.75, 3.05) is 45.9 Å². The summed E-state index contributed by atoms with van der Waals surface area (Å²) in [5.74, 6) is 0.413. The molecule has 2 amide bonds. The van der Waals surface area contributed by atoms with E-state index in [1.165, 1.54) is 0 Å². The Bertz CT molecular complexity index is 520. The van der Waals surface area contributed by atoms with Gasteiger partial charge in [-0.1, -0.05) is 34.6 Å². The molecule has 6 nitrogen and oxygen atoms in total. The predicted molar refractivity (Wildman–Crippen MR) is 91.5 cm³/mol. The molecule has 3 aliphatic heterocycles. The molecule has 3 rings (SSSR count). The highest BCUT2D eigenvalue weighted by atomic mass is 16.5. The first-order valence-electron chi connectivity index (χ1n) is 9.07. The first kappa shape index (κ1) is 17.7. The molecule has 3 fully saturated rings. The Labute approximate surface area is 145 Å². The Morgan fingerprint density at radius 3 is 2.33 bits per heavy atom. The first-order valence-corrected chi connectivity index (χ1v) is 9.07. The van der Waals surface area contributed by atoms with Crippen molar-refractivity contribution in [1.29, 1.82) is 0 Å². The molecule has 1 atom stereocenters. The second-order valence-corrected chi connectivity index (χ2v) is 8.93. The highest BCUT2D eigenvalue weighted by Gasteiger charge is 2.56. The number of likely N-dealkylation sites (tertiary alicyclic amines) is 1. The first-order chi connectivity index (χ1) is 11.1. The standard InChI is InChI=1S/C18H31N3O3/c1-13(2)15(22)19-8-14-9-24-7-6-21(14)18(10-19)11-20(12-18)16(23)17(3,4)5/h13-14H,6-12H2,1-5H3/t14-/m1/s1. The molecule has 0 aliphatic carbocycles. The van der Waals surface area contributed by atoms with E-state index in [0.29, 0.717) is 6.61 Å². The van der Waals surface area contributed by atoms with Crippen molar-refractivity contribution in [3.63, 3.8) is 0 Å². The summed E-state index contributed by atoms with van der Waals surface area (Å²) in [6.07, 6.45) is 0. The maximum absolute atomic E-state index is 12.6. The summed E-state index contributed by atoms with van der Waals surface area (Å²) in [5.41, 5.74) is -0.438. The van der Waals surface area contributed by atoms with Crippen molar-refractivity contribution < 1.29 is 14.3 Å². The molecule has 0 aromatic carbocycles. The van der Waals surface area contributed by atoms with Gasteiger partial charge in [-0.2, -0.15) is 0 Å². The van der Waals surface area contributed by atoms with Crippen molar-refractivity contribution in [1.82, 2.24) is 14.7 Å². The molecule has 3 aliphatic rings. The number of hydrogen-bond donors (Lipinski definition) is 0. The number of ether oxygens (including phenoxy) is 1. The second-order valence-electron chi connectivity index (χ2n) is 8.93. The highest BCUT2D eigenvalue weighted by molar-refractivity contribution is 5.83. The lowest BCUT2D eigenvalue weighted by Gasteiger charge is -2.63. The third-order valence-corrected chi connectivity index (χ3v) is 5.46. The summed E-state index contributed by atoms with van der Waals surface area (Å²) in [6.45, 7) is 15.0. The normalized spacial score (nSPS) is 27.2. The third-order valence-electron chi connectivity index (χ3n) is 5.46. The fourth-order valence-electron chi connectivity index (χ4n) is 4.29. The number of piperazine rings is 1. The molecule has 0 N–H and O–H groups in total. The lowest BCUT2D eigenvalue weighted by Crippen LogP contribution is -2.82.